The average molecular weight is 393 g/mol. The summed E-state index contributed by atoms with van der Waals surface area (Å²) in [4.78, 5) is 4.24. The number of rotatable bonds is 1. The molecule has 4 aliphatic carbocycles. The summed E-state index contributed by atoms with van der Waals surface area (Å²) in [5.74, 6) is 1.80. The van der Waals surface area contributed by atoms with Crippen LogP contribution in [0.3, 0.4) is 0 Å². The van der Waals surface area contributed by atoms with E-state index in [1.165, 1.54) is 17.6 Å². The highest BCUT2D eigenvalue weighted by atomic mass is 16.4. The predicted molar refractivity (Wildman–Crippen MR) is 115 cm³/mol. The second-order valence-corrected chi connectivity index (χ2v) is 10.2. The summed E-state index contributed by atoms with van der Waals surface area (Å²) >= 11 is 0. The normalized spacial score (nSPS) is 44.2. The third kappa shape index (κ3) is 2.83. The van der Waals surface area contributed by atoms with Crippen LogP contribution in [0.1, 0.15) is 64.4 Å². The van der Waals surface area contributed by atoms with Gasteiger partial charge < -0.3 is 10.3 Å². The largest absolute Gasteiger partial charge is 0.411 e. The molecule has 4 aliphatic rings. The first kappa shape index (κ1) is 19.0. The summed E-state index contributed by atoms with van der Waals surface area (Å²) in [6, 6.07) is 4.01. The van der Waals surface area contributed by atoms with E-state index in [0.29, 0.717) is 17.8 Å². The Labute approximate surface area is 173 Å². The molecule has 0 aromatic carbocycles. The second kappa shape index (κ2) is 6.80. The van der Waals surface area contributed by atoms with E-state index in [1.54, 1.807) is 6.20 Å². The van der Waals surface area contributed by atoms with Crippen molar-refractivity contribution in [3.05, 3.63) is 47.3 Å². The Bertz CT molecular complexity index is 889. The molecule has 0 spiro atoms. The van der Waals surface area contributed by atoms with Crippen LogP contribution in [0.15, 0.2) is 46.9 Å². The van der Waals surface area contributed by atoms with Crippen molar-refractivity contribution in [3.63, 3.8) is 0 Å². The highest BCUT2D eigenvalue weighted by Crippen LogP contribution is 2.65. The van der Waals surface area contributed by atoms with E-state index >= 15 is 0 Å². The van der Waals surface area contributed by atoms with Crippen LogP contribution in [0.4, 0.5) is 0 Å². The Kier molecular flexibility index (Phi) is 4.47. The van der Waals surface area contributed by atoms with Gasteiger partial charge in [-0.15, -0.1) is 0 Å². The average Bonchev–Trinajstić information content (AvgIpc) is 3.00. The number of pyridine rings is 1. The van der Waals surface area contributed by atoms with E-state index < -0.39 is 0 Å². The van der Waals surface area contributed by atoms with Crippen molar-refractivity contribution in [1.29, 1.82) is 0 Å². The topological polar surface area (TPSA) is 65.7 Å². The molecule has 3 fully saturated rings. The van der Waals surface area contributed by atoms with E-state index in [-0.39, 0.29) is 16.9 Å². The molecule has 1 aromatic rings. The highest BCUT2D eigenvalue weighted by molar-refractivity contribution is 6.09. The molecule has 0 bridgehead atoms. The number of allylic oxidation sites excluding steroid dienone is 2. The first-order chi connectivity index (χ1) is 14.0. The van der Waals surface area contributed by atoms with Crippen LogP contribution < -0.4 is 0 Å². The molecule has 0 aliphatic heterocycles. The molecule has 154 valence electrons. The third-order valence-electron chi connectivity index (χ3n) is 8.88. The number of hydrogen-bond donors (Lipinski definition) is 2. The Balaban J connectivity index is 1.51. The molecule has 1 aromatic heterocycles. The summed E-state index contributed by atoms with van der Waals surface area (Å²) in [5, 5.41) is 24.0. The highest BCUT2D eigenvalue weighted by Gasteiger charge is 2.59. The number of fused-ring (bicyclic) bond motifs is 5. The van der Waals surface area contributed by atoms with Gasteiger partial charge in [-0.25, -0.2) is 0 Å². The molecule has 0 amide bonds. The lowest BCUT2D eigenvalue weighted by molar-refractivity contribution is -0.0206. The van der Waals surface area contributed by atoms with Crippen molar-refractivity contribution < 1.29 is 10.3 Å². The zero-order chi connectivity index (χ0) is 20.2. The summed E-state index contributed by atoms with van der Waals surface area (Å²) in [5.41, 5.74) is 4.81. The zero-order valence-electron chi connectivity index (χ0n) is 17.5. The van der Waals surface area contributed by atoms with Crippen molar-refractivity contribution in [2.24, 2.45) is 33.7 Å². The Hall–Kier alpha value is -1.94. The predicted octanol–water partition coefficient (Wildman–Crippen LogP) is 5.23. The fraction of sp³-hybridized carbons (Fsp3) is 0.600. The van der Waals surface area contributed by atoms with E-state index in [4.69, 9.17) is 0 Å². The number of oxime groups is 1. The van der Waals surface area contributed by atoms with Crippen molar-refractivity contribution >= 4 is 11.8 Å². The van der Waals surface area contributed by atoms with Crippen LogP contribution in [0.5, 0.6) is 0 Å². The van der Waals surface area contributed by atoms with Gasteiger partial charge in [-0.3, -0.25) is 4.98 Å². The first-order valence-corrected chi connectivity index (χ1v) is 11.2. The Morgan fingerprint density at radius 3 is 2.72 bits per heavy atom. The minimum atomic E-state index is -0.159. The van der Waals surface area contributed by atoms with Gasteiger partial charge in [-0.05, 0) is 91.4 Å². The van der Waals surface area contributed by atoms with Crippen LogP contribution in [0.2, 0.25) is 0 Å². The number of aromatic nitrogens is 1. The molecule has 4 nitrogen and oxygen atoms in total. The third-order valence-corrected chi connectivity index (χ3v) is 8.88. The maximum Gasteiger partial charge on any atom is 0.0889 e. The van der Waals surface area contributed by atoms with Gasteiger partial charge in [0, 0.05) is 17.8 Å². The molecular weight excluding hydrogens is 360 g/mol. The maximum atomic E-state index is 10.2. The van der Waals surface area contributed by atoms with Gasteiger partial charge in [0.05, 0.1) is 11.8 Å². The quantitative estimate of drug-likeness (QED) is 0.391. The van der Waals surface area contributed by atoms with Crippen molar-refractivity contribution in [2.45, 2.75) is 64.9 Å². The number of aliphatic hydroxyl groups excluding tert-OH is 1. The van der Waals surface area contributed by atoms with Gasteiger partial charge in [0.15, 0.2) is 0 Å². The summed E-state index contributed by atoms with van der Waals surface area (Å²) < 4.78 is 0. The van der Waals surface area contributed by atoms with Crippen molar-refractivity contribution in [2.75, 3.05) is 0 Å². The summed E-state index contributed by atoms with van der Waals surface area (Å²) in [6.07, 6.45) is 15.3. The van der Waals surface area contributed by atoms with Gasteiger partial charge in [-0.2, -0.15) is 0 Å². The Morgan fingerprint density at radius 2 is 1.97 bits per heavy atom. The molecule has 0 unspecified atom stereocenters. The first-order valence-electron chi connectivity index (χ1n) is 11.2. The zero-order valence-corrected chi connectivity index (χ0v) is 17.5. The smallest absolute Gasteiger partial charge is 0.0889 e. The number of nitrogens with zero attached hydrogens (tertiary/aromatic N) is 2. The number of aliphatic hydroxyl groups is 1. The molecule has 2 N–H and O–H groups in total. The second-order valence-electron chi connectivity index (χ2n) is 10.2. The minimum absolute atomic E-state index is 0.0557. The van der Waals surface area contributed by atoms with E-state index in [1.807, 2.05) is 12.3 Å². The molecule has 3 saturated carbocycles. The van der Waals surface area contributed by atoms with Gasteiger partial charge >= 0.3 is 0 Å². The van der Waals surface area contributed by atoms with Gasteiger partial charge in [0.25, 0.3) is 0 Å². The maximum absolute atomic E-state index is 10.2. The van der Waals surface area contributed by atoms with E-state index in [2.05, 4.69) is 42.2 Å². The summed E-state index contributed by atoms with van der Waals surface area (Å²) in [7, 11) is 0. The fourth-order valence-corrected chi connectivity index (χ4v) is 7.30. The van der Waals surface area contributed by atoms with Gasteiger partial charge in [0.1, 0.15) is 0 Å². The lowest BCUT2D eigenvalue weighted by Gasteiger charge is -2.56. The lowest BCUT2D eigenvalue weighted by Crippen LogP contribution is -2.50. The van der Waals surface area contributed by atoms with Crippen molar-refractivity contribution in [3.8, 4) is 0 Å². The van der Waals surface area contributed by atoms with Gasteiger partial charge in [-0.1, -0.05) is 36.7 Å². The SMILES string of the molecule is C[C@]12CC[C@H](O)CC1=CC[C@@H]1[C@@H]2CC[C@]2(C)C(=N/O)/C(=C/c3cccnc3)C[C@@H]12. The molecular formula is C25H32N2O2. The lowest BCUT2D eigenvalue weighted by atomic mass is 9.48. The molecule has 0 saturated heterocycles. The molecule has 29 heavy (non-hydrogen) atoms. The molecule has 0 radical (unpaired) electrons. The molecule has 5 rings (SSSR count). The molecule has 4 heteroatoms. The van der Waals surface area contributed by atoms with Crippen LogP contribution in [-0.2, 0) is 0 Å². The van der Waals surface area contributed by atoms with Crippen LogP contribution in [-0.4, -0.2) is 27.1 Å². The van der Waals surface area contributed by atoms with E-state index in [0.717, 1.165) is 49.8 Å². The van der Waals surface area contributed by atoms with Gasteiger partial charge in [0.2, 0.25) is 0 Å². The van der Waals surface area contributed by atoms with Crippen LogP contribution >= 0.6 is 0 Å². The van der Waals surface area contributed by atoms with Crippen LogP contribution in [0, 0.1) is 28.6 Å². The summed E-state index contributed by atoms with van der Waals surface area (Å²) in [6.45, 7) is 4.77. The monoisotopic (exact) mass is 392 g/mol. The fourth-order valence-electron chi connectivity index (χ4n) is 7.30. The molecule has 1 heterocycles. The molecule has 6 atom stereocenters. The Morgan fingerprint density at radius 1 is 1.14 bits per heavy atom. The minimum Gasteiger partial charge on any atom is -0.411 e. The van der Waals surface area contributed by atoms with Crippen LogP contribution in [0.25, 0.3) is 6.08 Å². The number of hydrogen-bond acceptors (Lipinski definition) is 4. The standard InChI is InChI=1S/C25H32N2O2/c1-24-9-7-19(28)14-18(24)5-6-20-21(24)8-10-25(2)22(20)13-17(23(25)27-29)12-16-4-3-11-26-15-16/h3-5,11-12,15,19-22,28-29H,6-10,13-14H2,1-2H3/b17-12+,27-23+/t19-,20+,21-,22-,24-,25-/m0/s1. The van der Waals surface area contributed by atoms with Crippen molar-refractivity contribution in [1.82, 2.24) is 4.98 Å². The van der Waals surface area contributed by atoms with E-state index in [9.17, 15) is 10.3 Å².